The second-order valence-corrected chi connectivity index (χ2v) is 12.1. The SMILES string of the molecule is CCCCCCCC/C=C/CCCCCCCC(=O)OC(CCCCCCCCCCCCC)CCCC(=O)O. The van der Waals surface area contributed by atoms with Crippen molar-refractivity contribution in [3.8, 4) is 0 Å². The Morgan fingerprint density at radius 2 is 0.925 bits per heavy atom. The quantitative estimate of drug-likeness (QED) is 0.0501. The summed E-state index contributed by atoms with van der Waals surface area (Å²) in [5.41, 5.74) is 0. The van der Waals surface area contributed by atoms with E-state index < -0.39 is 5.97 Å². The molecule has 0 fully saturated rings. The Labute approximate surface area is 249 Å². The third kappa shape index (κ3) is 31.2. The molecule has 0 amide bonds. The first-order chi connectivity index (χ1) is 19.6. The molecular weight excluding hydrogens is 496 g/mol. The Bertz CT molecular complexity index is 571. The second kappa shape index (κ2) is 32.2. The molecule has 0 aliphatic rings. The highest BCUT2D eigenvalue weighted by Crippen LogP contribution is 2.18. The number of esters is 1. The lowest BCUT2D eigenvalue weighted by molar-refractivity contribution is -0.150. The van der Waals surface area contributed by atoms with Crippen LogP contribution >= 0.6 is 0 Å². The van der Waals surface area contributed by atoms with Gasteiger partial charge in [-0.05, 0) is 57.8 Å². The summed E-state index contributed by atoms with van der Waals surface area (Å²) in [6.45, 7) is 4.53. The Morgan fingerprint density at radius 1 is 0.525 bits per heavy atom. The number of carboxylic acid groups (broad SMARTS) is 1. The molecule has 0 spiro atoms. The van der Waals surface area contributed by atoms with Gasteiger partial charge in [-0.25, -0.2) is 0 Å². The molecule has 0 radical (unpaired) electrons. The van der Waals surface area contributed by atoms with Crippen molar-refractivity contribution in [2.24, 2.45) is 0 Å². The van der Waals surface area contributed by atoms with Gasteiger partial charge in [-0.15, -0.1) is 0 Å². The normalized spacial score (nSPS) is 12.2. The molecule has 4 nitrogen and oxygen atoms in total. The minimum absolute atomic E-state index is 0.0963. The zero-order valence-electron chi connectivity index (χ0n) is 26.9. The van der Waals surface area contributed by atoms with Crippen LogP contribution in [0, 0.1) is 0 Å². The summed E-state index contributed by atoms with van der Waals surface area (Å²) in [6.07, 6.45) is 37.9. The maximum absolute atomic E-state index is 12.4. The Morgan fingerprint density at radius 3 is 1.40 bits per heavy atom. The second-order valence-electron chi connectivity index (χ2n) is 12.1. The first-order valence-corrected chi connectivity index (χ1v) is 17.7. The van der Waals surface area contributed by atoms with Gasteiger partial charge >= 0.3 is 11.9 Å². The lowest BCUT2D eigenvalue weighted by Crippen LogP contribution is -2.18. The van der Waals surface area contributed by atoms with Crippen molar-refractivity contribution in [1.29, 1.82) is 0 Å². The summed E-state index contributed by atoms with van der Waals surface area (Å²) in [5, 5.41) is 8.98. The van der Waals surface area contributed by atoms with Gasteiger partial charge in [-0.3, -0.25) is 9.59 Å². The van der Waals surface area contributed by atoms with E-state index in [1.54, 1.807) is 0 Å². The molecular formula is C36H68O4. The molecule has 0 heterocycles. The first-order valence-electron chi connectivity index (χ1n) is 17.7. The van der Waals surface area contributed by atoms with Gasteiger partial charge in [0.25, 0.3) is 0 Å². The van der Waals surface area contributed by atoms with E-state index in [9.17, 15) is 9.59 Å². The monoisotopic (exact) mass is 565 g/mol. The molecule has 0 aliphatic carbocycles. The highest BCUT2D eigenvalue weighted by atomic mass is 16.5. The van der Waals surface area contributed by atoms with E-state index in [-0.39, 0.29) is 18.5 Å². The molecule has 0 saturated heterocycles. The van der Waals surface area contributed by atoms with Crippen LogP contribution in [-0.2, 0) is 14.3 Å². The van der Waals surface area contributed by atoms with Gasteiger partial charge in [0.1, 0.15) is 6.10 Å². The number of carbonyl (C=O) groups is 2. The molecule has 0 aromatic carbocycles. The summed E-state index contributed by atoms with van der Waals surface area (Å²) in [5.74, 6) is -0.867. The number of carbonyl (C=O) groups excluding carboxylic acids is 1. The number of ether oxygens (including phenoxy) is 1. The van der Waals surface area contributed by atoms with E-state index in [1.807, 2.05) is 0 Å². The predicted octanol–water partition coefficient (Wildman–Crippen LogP) is 11.9. The van der Waals surface area contributed by atoms with Crippen molar-refractivity contribution in [2.75, 3.05) is 0 Å². The van der Waals surface area contributed by atoms with Crippen molar-refractivity contribution >= 4 is 11.9 Å². The number of hydrogen-bond donors (Lipinski definition) is 1. The summed E-state index contributed by atoms with van der Waals surface area (Å²) in [6, 6.07) is 0. The third-order valence-corrected chi connectivity index (χ3v) is 7.99. The van der Waals surface area contributed by atoms with Gasteiger partial charge in [-0.1, -0.05) is 142 Å². The Hall–Kier alpha value is -1.32. The lowest BCUT2D eigenvalue weighted by Gasteiger charge is -2.18. The molecule has 1 atom stereocenters. The molecule has 0 aromatic rings. The van der Waals surface area contributed by atoms with Gasteiger partial charge < -0.3 is 9.84 Å². The van der Waals surface area contributed by atoms with Crippen LogP contribution in [0.3, 0.4) is 0 Å². The number of rotatable bonds is 32. The molecule has 0 bridgehead atoms. The lowest BCUT2D eigenvalue weighted by atomic mass is 10.0. The fraction of sp³-hybridized carbons (Fsp3) is 0.889. The summed E-state index contributed by atoms with van der Waals surface area (Å²) in [7, 11) is 0. The average Bonchev–Trinajstić information content (AvgIpc) is 2.93. The van der Waals surface area contributed by atoms with Crippen LogP contribution in [0.15, 0.2) is 12.2 Å². The fourth-order valence-electron chi connectivity index (χ4n) is 5.36. The van der Waals surface area contributed by atoms with Crippen molar-refractivity contribution < 1.29 is 19.4 Å². The molecule has 4 heteroatoms. The molecule has 40 heavy (non-hydrogen) atoms. The molecule has 0 rings (SSSR count). The fourth-order valence-corrected chi connectivity index (χ4v) is 5.36. The largest absolute Gasteiger partial charge is 0.481 e. The van der Waals surface area contributed by atoms with Gasteiger partial charge in [0.15, 0.2) is 0 Å². The van der Waals surface area contributed by atoms with Crippen molar-refractivity contribution in [1.82, 2.24) is 0 Å². The predicted molar refractivity (Wildman–Crippen MR) is 172 cm³/mol. The molecule has 1 N–H and O–H groups in total. The van der Waals surface area contributed by atoms with Crippen molar-refractivity contribution in [2.45, 2.75) is 206 Å². The zero-order valence-corrected chi connectivity index (χ0v) is 26.9. The van der Waals surface area contributed by atoms with E-state index in [4.69, 9.17) is 9.84 Å². The van der Waals surface area contributed by atoms with Crippen molar-refractivity contribution in [3.63, 3.8) is 0 Å². The van der Waals surface area contributed by atoms with Gasteiger partial charge in [0.2, 0.25) is 0 Å². The van der Waals surface area contributed by atoms with Crippen LogP contribution in [-0.4, -0.2) is 23.1 Å². The van der Waals surface area contributed by atoms with Crippen LogP contribution in [0.5, 0.6) is 0 Å². The molecule has 0 aliphatic heterocycles. The summed E-state index contributed by atoms with van der Waals surface area (Å²) in [4.78, 5) is 23.4. The van der Waals surface area contributed by atoms with Crippen LogP contribution in [0.2, 0.25) is 0 Å². The average molecular weight is 565 g/mol. The maximum atomic E-state index is 12.4. The van der Waals surface area contributed by atoms with Gasteiger partial charge in [0, 0.05) is 12.8 Å². The van der Waals surface area contributed by atoms with Crippen LogP contribution in [0.25, 0.3) is 0 Å². The molecule has 0 aromatic heterocycles. The molecule has 1 unspecified atom stereocenters. The van der Waals surface area contributed by atoms with Crippen molar-refractivity contribution in [3.05, 3.63) is 12.2 Å². The topological polar surface area (TPSA) is 63.6 Å². The van der Waals surface area contributed by atoms with E-state index in [0.717, 1.165) is 25.7 Å². The number of unbranched alkanes of at least 4 members (excludes halogenated alkanes) is 21. The summed E-state index contributed by atoms with van der Waals surface area (Å²) >= 11 is 0. The van der Waals surface area contributed by atoms with E-state index in [1.165, 1.54) is 135 Å². The maximum Gasteiger partial charge on any atom is 0.306 e. The Balaban J connectivity index is 3.83. The smallest absolute Gasteiger partial charge is 0.306 e. The highest BCUT2D eigenvalue weighted by molar-refractivity contribution is 5.69. The number of aliphatic carboxylic acids is 1. The minimum Gasteiger partial charge on any atom is -0.481 e. The summed E-state index contributed by atoms with van der Waals surface area (Å²) < 4.78 is 5.80. The van der Waals surface area contributed by atoms with Gasteiger partial charge in [-0.2, -0.15) is 0 Å². The molecule has 236 valence electrons. The Kier molecular flexibility index (Phi) is 31.1. The van der Waals surface area contributed by atoms with E-state index >= 15 is 0 Å². The van der Waals surface area contributed by atoms with Crippen LogP contribution < -0.4 is 0 Å². The first kappa shape index (κ1) is 38.7. The number of hydrogen-bond acceptors (Lipinski definition) is 3. The van der Waals surface area contributed by atoms with E-state index in [2.05, 4.69) is 26.0 Å². The number of allylic oxidation sites excluding steroid dienone is 2. The minimum atomic E-state index is -0.770. The third-order valence-electron chi connectivity index (χ3n) is 7.99. The molecule has 0 saturated carbocycles. The van der Waals surface area contributed by atoms with E-state index in [0.29, 0.717) is 19.3 Å². The van der Waals surface area contributed by atoms with Crippen LogP contribution in [0.4, 0.5) is 0 Å². The highest BCUT2D eigenvalue weighted by Gasteiger charge is 2.15. The zero-order chi connectivity index (χ0) is 29.4. The van der Waals surface area contributed by atoms with Crippen LogP contribution in [0.1, 0.15) is 200 Å². The number of carboxylic acids is 1. The standard InChI is InChI=1S/C36H68O4/c1-3-5-7-9-11-13-15-16-17-18-20-22-24-26-28-33-36(39)40-34(31-29-32-35(37)38)30-27-25-23-21-19-14-12-10-8-6-4-2/h16-17,34H,3-15,18-33H2,1-2H3,(H,37,38)/b17-16+. The van der Waals surface area contributed by atoms with Gasteiger partial charge in [0.05, 0.1) is 0 Å².